The van der Waals surface area contributed by atoms with Crippen molar-refractivity contribution in [2.75, 3.05) is 0 Å². The van der Waals surface area contributed by atoms with Gasteiger partial charge in [0.05, 0.1) is 12.7 Å². The smallest absolute Gasteiger partial charge is 0.122 e. The molecule has 1 aromatic rings. The van der Waals surface area contributed by atoms with Gasteiger partial charge in [0, 0.05) is 5.56 Å². The van der Waals surface area contributed by atoms with Gasteiger partial charge in [-0.3, -0.25) is 5.41 Å². The number of benzene rings is 1. The molecule has 1 aromatic carbocycles. The highest BCUT2D eigenvalue weighted by atomic mass is 16.5. The van der Waals surface area contributed by atoms with Gasteiger partial charge in [-0.05, 0) is 42.6 Å². The maximum absolute atomic E-state index is 7.38. The van der Waals surface area contributed by atoms with Crippen LogP contribution in [0.25, 0.3) is 0 Å². The predicted octanol–water partition coefficient (Wildman–Crippen LogP) is 4.09. The summed E-state index contributed by atoms with van der Waals surface area (Å²) < 4.78 is 6.05. The van der Waals surface area contributed by atoms with E-state index in [1.54, 1.807) is 0 Å². The highest BCUT2D eigenvalue weighted by Crippen LogP contribution is 2.38. The fourth-order valence-corrected chi connectivity index (χ4v) is 3.09. The van der Waals surface area contributed by atoms with E-state index in [1.807, 2.05) is 24.3 Å². The van der Waals surface area contributed by atoms with Crippen molar-refractivity contribution in [1.82, 2.24) is 0 Å². The van der Waals surface area contributed by atoms with E-state index >= 15 is 0 Å². The van der Waals surface area contributed by atoms with Crippen LogP contribution >= 0.6 is 0 Å². The quantitative estimate of drug-likeness (QED) is 0.647. The summed E-state index contributed by atoms with van der Waals surface area (Å²) in [4.78, 5) is 0. The minimum absolute atomic E-state index is 0.114. The number of hydrogen-bond acceptors (Lipinski definition) is 2. The molecule has 0 bridgehead atoms. The second kappa shape index (κ2) is 6.61. The molecule has 1 saturated carbocycles. The van der Waals surface area contributed by atoms with Crippen molar-refractivity contribution in [3.63, 3.8) is 0 Å². The molecule has 0 aliphatic heterocycles. The average molecular weight is 288 g/mol. The summed E-state index contributed by atoms with van der Waals surface area (Å²) in [6.45, 7) is 7.68. The summed E-state index contributed by atoms with van der Waals surface area (Å²) in [7, 11) is 0. The van der Waals surface area contributed by atoms with Gasteiger partial charge in [-0.1, -0.05) is 45.0 Å². The third-order valence-corrected chi connectivity index (χ3v) is 4.65. The fraction of sp³-hybridized carbons (Fsp3) is 0.611. The molecule has 116 valence electrons. The summed E-state index contributed by atoms with van der Waals surface area (Å²) in [5.41, 5.74) is 7.80. The molecule has 0 heterocycles. The monoisotopic (exact) mass is 288 g/mol. The van der Waals surface area contributed by atoms with Crippen molar-refractivity contribution in [3.8, 4) is 0 Å². The van der Waals surface area contributed by atoms with Gasteiger partial charge in [-0.2, -0.15) is 0 Å². The number of nitrogens with two attached hydrogens (primary N) is 1. The summed E-state index contributed by atoms with van der Waals surface area (Å²) in [6, 6.07) is 7.77. The molecule has 0 unspecified atom stereocenters. The second-order valence-electron chi connectivity index (χ2n) is 7.26. The minimum Gasteiger partial charge on any atom is -0.384 e. The van der Waals surface area contributed by atoms with Gasteiger partial charge in [0.2, 0.25) is 0 Å². The average Bonchev–Trinajstić information content (AvgIpc) is 2.45. The van der Waals surface area contributed by atoms with Gasteiger partial charge in [0.15, 0.2) is 0 Å². The third-order valence-electron chi connectivity index (χ3n) is 4.65. The normalized spacial score (nSPS) is 23.0. The van der Waals surface area contributed by atoms with Crippen LogP contribution < -0.4 is 5.73 Å². The van der Waals surface area contributed by atoms with Crippen LogP contribution in [-0.2, 0) is 11.3 Å². The molecule has 3 heteroatoms. The highest BCUT2D eigenvalue weighted by Gasteiger charge is 2.29. The lowest BCUT2D eigenvalue weighted by Gasteiger charge is -2.36. The number of hydrogen-bond donors (Lipinski definition) is 2. The Bertz CT molecular complexity index is 465. The summed E-state index contributed by atoms with van der Waals surface area (Å²) in [5.74, 6) is 0.940. The summed E-state index contributed by atoms with van der Waals surface area (Å²) in [5, 5.41) is 7.38. The molecule has 0 radical (unpaired) electrons. The predicted molar refractivity (Wildman–Crippen MR) is 87.4 cm³/mol. The Morgan fingerprint density at radius 2 is 1.71 bits per heavy atom. The van der Waals surface area contributed by atoms with Crippen LogP contribution in [0.15, 0.2) is 24.3 Å². The van der Waals surface area contributed by atoms with Crippen LogP contribution in [0.2, 0.25) is 0 Å². The first-order valence-corrected chi connectivity index (χ1v) is 7.91. The van der Waals surface area contributed by atoms with Crippen molar-refractivity contribution < 1.29 is 4.74 Å². The van der Waals surface area contributed by atoms with E-state index in [4.69, 9.17) is 15.9 Å². The molecule has 2 rings (SSSR count). The lowest BCUT2D eigenvalue weighted by Crippen LogP contribution is -2.29. The van der Waals surface area contributed by atoms with E-state index in [2.05, 4.69) is 20.8 Å². The van der Waals surface area contributed by atoms with Gasteiger partial charge in [-0.15, -0.1) is 0 Å². The lowest BCUT2D eigenvalue weighted by molar-refractivity contribution is -0.00580. The Kier molecular flexibility index (Phi) is 5.04. The standard InChI is InChI=1S/C18H28N2O/c1-18(2,3)15-8-10-16(11-9-15)21-12-13-4-6-14(7-5-13)17(19)20/h4-7,15-16H,8-12H2,1-3H3,(H3,19,20). The van der Waals surface area contributed by atoms with Crippen LogP contribution in [0.1, 0.15) is 57.6 Å². The highest BCUT2D eigenvalue weighted by molar-refractivity contribution is 5.94. The second-order valence-corrected chi connectivity index (χ2v) is 7.26. The zero-order valence-corrected chi connectivity index (χ0v) is 13.5. The molecule has 0 atom stereocenters. The maximum Gasteiger partial charge on any atom is 0.122 e. The zero-order valence-electron chi connectivity index (χ0n) is 13.5. The third kappa shape index (κ3) is 4.57. The Morgan fingerprint density at radius 3 is 2.19 bits per heavy atom. The van der Waals surface area contributed by atoms with Crippen LogP contribution in [0, 0.1) is 16.7 Å². The van der Waals surface area contributed by atoms with Crippen molar-refractivity contribution in [1.29, 1.82) is 5.41 Å². The van der Waals surface area contributed by atoms with Crippen molar-refractivity contribution in [2.24, 2.45) is 17.1 Å². The first-order valence-electron chi connectivity index (χ1n) is 7.91. The van der Waals surface area contributed by atoms with Crippen LogP contribution in [-0.4, -0.2) is 11.9 Å². The largest absolute Gasteiger partial charge is 0.384 e. The molecule has 1 aliphatic rings. The van der Waals surface area contributed by atoms with Gasteiger partial charge >= 0.3 is 0 Å². The molecule has 0 amide bonds. The van der Waals surface area contributed by atoms with Gasteiger partial charge in [0.25, 0.3) is 0 Å². The number of nitrogens with one attached hydrogen (secondary N) is 1. The van der Waals surface area contributed by atoms with Crippen LogP contribution in [0.5, 0.6) is 0 Å². The van der Waals surface area contributed by atoms with Crippen molar-refractivity contribution in [2.45, 2.75) is 59.2 Å². The van der Waals surface area contributed by atoms with Gasteiger partial charge in [-0.25, -0.2) is 0 Å². The Morgan fingerprint density at radius 1 is 1.14 bits per heavy atom. The molecule has 1 aliphatic carbocycles. The van der Waals surface area contributed by atoms with Crippen molar-refractivity contribution >= 4 is 5.84 Å². The number of rotatable bonds is 4. The lowest BCUT2D eigenvalue weighted by atomic mass is 9.72. The molecular weight excluding hydrogens is 260 g/mol. The Hall–Kier alpha value is -1.35. The van der Waals surface area contributed by atoms with E-state index in [9.17, 15) is 0 Å². The molecule has 0 aromatic heterocycles. The summed E-state index contributed by atoms with van der Waals surface area (Å²) >= 11 is 0. The molecular formula is C18H28N2O. The first kappa shape index (κ1) is 16.0. The van der Waals surface area contributed by atoms with Crippen molar-refractivity contribution in [3.05, 3.63) is 35.4 Å². The first-order chi connectivity index (χ1) is 9.86. The SMILES string of the molecule is CC(C)(C)C1CCC(OCc2ccc(C(=N)N)cc2)CC1. The topological polar surface area (TPSA) is 59.1 Å². The van der Waals surface area contributed by atoms with E-state index in [-0.39, 0.29) is 5.84 Å². The number of nitrogen functional groups attached to an aromatic ring is 1. The summed E-state index contributed by atoms with van der Waals surface area (Å²) in [6.07, 6.45) is 5.30. The molecule has 21 heavy (non-hydrogen) atoms. The Balaban J connectivity index is 1.78. The molecule has 3 nitrogen and oxygen atoms in total. The molecule has 1 fully saturated rings. The minimum atomic E-state index is 0.114. The van der Waals surface area contributed by atoms with E-state index in [0.717, 1.165) is 17.0 Å². The zero-order chi connectivity index (χ0) is 15.5. The molecule has 0 spiro atoms. The number of amidine groups is 1. The van der Waals surface area contributed by atoms with E-state index in [0.29, 0.717) is 18.1 Å². The van der Waals surface area contributed by atoms with E-state index < -0.39 is 0 Å². The van der Waals surface area contributed by atoms with Gasteiger partial charge < -0.3 is 10.5 Å². The fourth-order valence-electron chi connectivity index (χ4n) is 3.09. The number of ether oxygens (including phenoxy) is 1. The van der Waals surface area contributed by atoms with Gasteiger partial charge in [0.1, 0.15) is 5.84 Å². The Labute approximate surface area is 128 Å². The van der Waals surface area contributed by atoms with E-state index in [1.165, 1.54) is 25.7 Å². The van der Waals surface area contributed by atoms with Crippen LogP contribution in [0.3, 0.4) is 0 Å². The molecule has 0 saturated heterocycles. The van der Waals surface area contributed by atoms with Crippen LogP contribution in [0.4, 0.5) is 0 Å². The molecule has 3 N–H and O–H groups in total. The maximum atomic E-state index is 7.38.